The van der Waals surface area contributed by atoms with Gasteiger partial charge < -0.3 is 4.90 Å². The largest absolute Gasteiger partial charge is 0.375 e. The number of hydrogen-bond donors (Lipinski definition) is 0. The first-order valence-electron chi connectivity index (χ1n) is 4.89. The molecule has 2 aliphatic rings. The summed E-state index contributed by atoms with van der Waals surface area (Å²) in [6.07, 6.45) is 13.1. The lowest BCUT2D eigenvalue weighted by Crippen LogP contribution is -2.36. The summed E-state index contributed by atoms with van der Waals surface area (Å²) in [6.45, 7) is 1.31. The quantitative estimate of drug-likeness (QED) is 0.556. The average Bonchev–Trinajstić information content (AvgIpc) is 2.12. The van der Waals surface area contributed by atoms with E-state index in [1.54, 1.807) is 0 Å². The minimum absolute atomic E-state index is 0.907. The highest BCUT2D eigenvalue weighted by Gasteiger charge is 2.22. The van der Waals surface area contributed by atoms with Crippen LogP contribution >= 0.6 is 0 Å². The van der Waals surface area contributed by atoms with Gasteiger partial charge in [-0.15, -0.1) is 0 Å². The van der Waals surface area contributed by atoms with Gasteiger partial charge in [0, 0.05) is 12.6 Å². The molecule has 0 spiro atoms. The molecule has 1 saturated carbocycles. The van der Waals surface area contributed by atoms with Crippen LogP contribution in [0, 0.1) is 0 Å². The standard InChI is InChI=1S/C10H17N/c1-2-4-9-11(8-3-1)10-6-5-7-10/h3,8,10H,1-2,4-7,9H2. The highest BCUT2D eigenvalue weighted by molar-refractivity contribution is 4.92. The molecule has 0 aromatic heterocycles. The maximum absolute atomic E-state index is 2.55. The molecule has 0 amide bonds. The zero-order valence-electron chi connectivity index (χ0n) is 7.13. The maximum atomic E-state index is 2.55. The first kappa shape index (κ1) is 7.20. The zero-order valence-corrected chi connectivity index (χ0v) is 7.13. The van der Waals surface area contributed by atoms with E-state index in [4.69, 9.17) is 0 Å². The molecule has 11 heavy (non-hydrogen) atoms. The smallest absolute Gasteiger partial charge is 0.0284 e. The Morgan fingerprint density at radius 2 is 2.00 bits per heavy atom. The third-order valence-corrected chi connectivity index (χ3v) is 2.88. The molecule has 1 aliphatic heterocycles. The van der Waals surface area contributed by atoms with Crippen molar-refractivity contribution in [1.29, 1.82) is 0 Å². The monoisotopic (exact) mass is 151 g/mol. The summed E-state index contributed by atoms with van der Waals surface area (Å²) in [4.78, 5) is 2.55. The Balaban J connectivity index is 1.89. The second-order valence-corrected chi connectivity index (χ2v) is 3.70. The third-order valence-electron chi connectivity index (χ3n) is 2.88. The highest BCUT2D eigenvalue weighted by atomic mass is 15.1. The van der Waals surface area contributed by atoms with Crippen LogP contribution in [-0.4, -0.2) is 17.5 Å². The number of hydrogen-bond acceptors (Lipinski definition) is 1. The number of allylic oxidation sites excluding steroid dienone is 1. The highest BCUT2D eigenvalue weighted by Crippen LogP contribution is 2.26. The lowest BCUT2D eigenvalue weighted by atomic mass is 9.92. The molecule has 0 aromatic carbocycles. The van der Waals surface area contributed by atoms with E-state index in [1.165, 1.54) is 45.1 Å². The molecule has 0 aromatic rings. The lowest BCUT2D eigenvalue weighted by Gasteiger charge is -2.36. The third kappa shape index (κ3) is 1.58. The number of nitrogens with zero attached hydrogens (tertiary/aromatic N) is 1. The summed E-state index contributed by atoms with van der Waals surface area (Å²) < 4.78 is 0. The van der Waals surface area contributed by atoms with Gasteiger partial charge in [0.2, 0.25) is 0 Å². The average molecular weight is 151 g/mol. The Hall–Kier alpha value is -0.460. The minimum atomic E-state index is 0.907. The topological polar surface area (TPSA) is 3.24 Å². The second kappa shape index (κ2) is 3.29. The van der Waals surface area contributed by atoms with Gasteiger partial charge in [-0.3, -0.25) is 0 Å². The van der Waals surface area contributed by atoms with Crippen molar-refractivity contribution in [3.05, 3.63) is 12.3 Å². The van der Waals surface area contributed by atoms with E-state index >= 15 is 0 Å². The van der Waals surface area contributed by atoms with Crippen molar-refractivity contribution in [2.75, 3.05) is 6.54 Å². The van der Waals surface area contributed by atoms with Gasteiger partial charge in [-0.2, -0.15) is 0 Å². The summed E-state index contributed by atoms with van der Waals surface area (Å²) in [5, 5.41) is 0. The van der Waals surface area contributed by atoms with Crippen LogP contribution in [0.15, 0.2) is 12.3 Å². The van der Waals surface area contributed by atoms with Gasteiger partial charge in [-0.25, -0.2) is 0 Å². The van der Waals surface area contributed by atoms with Crippen molar-refractivity contribution in [2.45, 2.75) is 44.6 Å². The number of rotatable bonds is 1. The summed E-state index contributed by atoms with van der Waals surface area (Å²) in [6, 6.07) is 0.907. The van der Waals surface area contributed by atoms with Gasteiger partial charge in [-0.1, -0.05) is 6.08 Å². The molecule has 0 unspecified atom stereocenters. The second-order valence-electron chi connectivity index (χ2n) is 3.70. The molecular formula is C10H17N. The van der Waals surface area contributed by atoms with Crippen LogP contribution in [0.3, 0.4) is 0 Å². The maximum Gasteiger partial charge on any atom is 0.0284 e. The first-order chi connectivity index (χ1) is 5.47. The normalized spacial score (nSPS) is 26.4. The van der Waals surface area contributed by atoms with Crippen molar-refractivity contribution < 1.29 is 0 Å². The van der Waals surface area contributed by atoms with Crippen molar-refractivity contribution in [1.82, 2.24) is 4.90 Å². The van der Waals surface area contributed by atoms with Crippen LogP contribution in [0.25, 0.3) is 0 Å². The van der Waals surface area contributed by atoms with E-state index in [2.05, 4.69) is 17.2 Å². The summed E-state index contributed by atoms with van der Waals surface area (Å²) in [5.74, 6) is 0. The summed E-state index contributed by atoms with van der Waals surface area (Å²) >= 11 is 0. The van der Waals surface area contributed by atoms with E-state index in [-0.39, 0.29) is 0 Å². The fourth-order valence-corrected chi connectivity index (χ4v) is 1.86. The Labute approximate surface area is 69.1 Å². The van der Waals surface area contributed by atoms with Gasteiger partial charge in [0.05, 0.1) is 0 Å². The Kier molecular flexibility index (Phi) is 2.16. The van der Waals surface area contributed by atoms with Gasteiger partial charge in [0.15, 0.2) is 0 Å². The predicted molar refractivity (Wildman–Crippen MR) is 47.3 cm³/mol. The van der Waals surface area contributed by atoms with E-state index < -0.39 is 0 Å². The molecular weight excluding hydrogens is 134 g/mol. The molecule has 0 radical (unpaired) electrons. The molecule has 1 aliphatic carbocycles. The van der Waals surface area contributed by atoms with Crippen molar-refractivity contribution in [2.24, 2.45) is 0 Å². The lowest BCUT2D eigenvalue weighted by molar-refractivity contribution is 0.184. The van der Waals surface area contributed by atoms with Crippen molar-refractivity contribution in [3.8, 4) is 0 Å². The Morgan fingerprint density at radius 3 is 2.73 bits per heavy atom. The van der Waals surface area contributed by atoms with Crippen LogP contribution in [-0.2, 0) is 0 Å². The van der Waals surface area contributed by atoms with Gasteiger partial charge in [0.25, 0.3) is 0 Å². The SMILES string of the molecule is C1=CN(C2CCC2)CCCC1. The first-order valence-corrected chi connectivity index (χ1v) is 4.89. The fourth-order valence-electron chi connectivity index (χ4n) is 1.86. The molecule has 0 bridgehead atoms. The molecule has 62 valence electrons. The molecule has 0 atom stereocenters. The molecule has 1 heteroatoms. The summed E-state index contributed by atoms with van der Waals surface area (Å²) in [5.41, 5.74) is 0. The van der Waals surface area contributed by atoms with E-state index in [0.29, 0.717) is 0 Å². The van der Waals surface area contributed by atoms with Gasteiger partial charge in [0.1, 0.15) is 0 Å². The fraction of sp³-hybridized carbons (Fsp3) is 0.800. The van der Waals surface area contributed by atoms with E-state index in [1.807, 2.05) is 0 Å². The van der Waals surface area contributed by atoms with Crippen molar-refractivity contribution >= 4 is 0 Å². The molecule has 1 heterocycles. The predicted octanol–water partition coefficient (Wildman–Crippen LogP) is 2.54. The zero-order chi connectivity index (χ0) is 7.52. The minimum Gasteiger partial charge on any atom is -0.375 e. The van der Waals surface area contributed by atoms with Crippen LogP contribution in [0.4, 0.5) is 0 Å². The molecule has 2 rings (SSSR count). The van der Waals surface area contributed by atoms with Crippen LogP contribution in [0.5, 0.6) is 0 Å². The molecule has 0 N–H and O–H groups in total. The van der Waals surface area contributed by atoms with Crippen LogP contribution in [0.2, 0.25) is 0 Å². The molecule has 1 nitrogen and oxygen atoms in total. The Bertz CT molecular complexity index is 147. The van der Waals surface area contributed by atoms with Crippen molar-refractivity contribution in [3.63, 3.8) is 0 Å². The van der Waals surface area contributed by atoms with E-state index in [0.717, 1.165) is 6.04 Å². The molecule has 1 fully saturated rings. The van der Waals surface area contributed by atoms with Gasteiger partial charge in [-0.05, 0) is 44.7 Å². The van der Waals surface area contributed by atoms with Crippen LogP contribution in [0.1, 0.15) is 38.5 Å². The summed E-state index contributed by atoms with van der Waals surface area (Å²) in [7, 11) is 0. The van der Waals surface area contributed by atoms with E-state index in [9.17, 15) is 0 Å². The van der Waals surface area contributed by atoms with Gasteiger partial charge >= 0.3 is 0 Å². The molecule has 0 saturated heterocycles. The van der Waals surface area contributed by atoms with Crippen LogP contribution < -0.4 is 0 Å². The Morgan fingerprint density at radius 1 is 1.09 bits per heavy atom.